The number of aromatic amines is 1. The van der Waals surface area contributed by atoms with Crippen molar-refractivity contribution in [1.82, 2.24) is 15.1 Å². The average molecular weight is 283 g/mol. The highest BCUT2D eigenvalue weighted by atomic mass is 15.2. The molecule has 0 atom stereocenters. The largest absolute Gasteiger partial charge is 0.299 e. The van der Waals surface area contributed by atoms with E-state index < -0.39 is 0 Å². The van der Waals surface area contributed by atoms with Crippen LogP contribution in [0.5, 0.6) is 0 Å². The van der Waals surface area contributed by atoms with E-state index in [9.17, 15) is 0 Å². The fourth-order valence-corrected chi connectivity index (χ4v) is 2.99. The van der Waals surface area contributed by atoms with Crippen molar-refractivity contribution in [3.8, 4) is 11.3 Å². The summed E-state index contributed by atoms with van der Waals surface area (Å²) in [4.78, 5) is 2.48. The van der Waals surface area contributed by atoms with E-state index in [1.165, 1.54) is 22.4 Å². The van der Waals surface area contributed by atoms with Gasteiger partial charge in [0.15, 0.2) is 0 Å². The number of H-pyrrole nitrogens is 1. The monoisotopic (exact) mass is 283 g/mol. The van der Waals surface area contributed by atoms with Gasteiger partial charge in [-0.2, -0.15) is 5.10 Å². The topological polar surface area (TPSA) is 31.9 Å². The van der Waals surface area contributed by atoms with Crippen molar-refractivity contribution >= 4 is 0 Å². The molecule has 0 bridgehead atoms. The first-order valence-electron chi connectivity index (χ1n) is 7.88. The third-order valence-corrected chi connectivity index (χ3v) is 4.48. The van der Waals surface area contributed by atoms with Crippen molar-refractivity contribution < 1.29 is 0 Å². The number of likely N-dealkylation sites (N-methyl/N-ethyl adjacent to an activating group) is 1. The predicted molar refractivity (Wildman–Crippen MR) is 87.4 cm³/mol. The molecule has 2 aromatic rings. The van der Waals surface area contributed by atoms with Crippen molar-refractivity contribution in [3.05, 3.63) is 41.1 Å². The first-order valence-corrected chi connectivity index (χ1v) is 7.88. The molecular formula is C18H25N3. The van der Waals surface area contributed by atoms with Crippen LogP contribution >= 0.6 is 0 Å². The first kappa shape index (κ1) is 14.3. The maximum atomic E-state index is 4.58. The van der Waals surface area contributed by atoms with E-state index in [0.29, 0.717) is 0 Å². The summed E-state index contributed by atoms with van der Waals surface area (Å²) < 4.78 is 0. The Kier molecular flexibility index (Phi) is 3.62. The summed E-state index contributed by atoms with van der Waals surface area (Å²) in [5, 5.41) is 7.81. The SMILES string of the molecule is CCN1CCc2[nH]nc(-c3ccc(C(C)(C)C)cc3)c2C1. The molecule has 0 saturated carbocycles. The van der Waals surface area contributed by atoms with Crippen LogP contribution in [-0.2, 0) is 18.4 Å². The minimum Gasteiger partial charge on any atom is -0.299 e. The minimum absolute atomic E-state index is 0.197. The Hall–Kier alpha value is -1.61. The molecular weight excluding hydrogens is 258 g/mol. The molecule has 1 aliphatic rings. The Bertz CT molecular complexity index is 617. The molecule has 0 aliphatic carbocycles. The number of fused-ring (bicyclic) bond motifs is 1. The molecule has 0 saturated heterocycles. The molecule has 0 amide bonds. The molecule has 0 unspecified atom stereocenters. The Labute approximate surface area is 127 Å². The molecule has 0 fully saturated rings. The highest BCUT2D eigenvalue weighted by Gasteiger charge is 2.22. The van der Waals surface area contributed by atoms with Gasteiger partial charge in [0.25, 0.3) is 0 Å². The van der Waals surface area contributed by atoms with E-state index in [-0.39, 0.29) is 5.41 Å². The summed E-state index contributed by atoms with van der Waals surface area (Å²) in [6.45, 7) is 12.2. The summed E-state index contributed by atoms with van der Waals surface area (Å²) in [5.41, 5.74) is 6.61. The van der Waals surface area contributed by atoms with Gasteiger partial charge < -0.3 is 0 Å². The maximum absolute atomic E-state index is 4.58. The van der Waals surface area contributed by atoms with Crippen LogP contribution < -0.4 is 0 Å². The Morgan fingerprint density at radius 3 is 2.52 bits per heavy atom. The van der Waals surface area contributed by atoms with Crippen molar-refractivity contribution in [2.75, 3.05) is 13.1 Å². The van der Waals surface area contributed by atoms with E-state index in [2.05, 4.69) is 67.1 Å². The van der Waals surface area contributed by atoms with Gasteiger partial charge in [-0.25, -0.2) is 0 Å². The Morgan fingerprint density at radius 1 is 1.19 bits per heavy atom. The Morgan fingerprint density at radius 2 is 1.90 bits per heavy atom. The molecule has 3 nitrogen and oxygen atoms in total. The number of hydrogen-bond donors (Lipinski definition) is 1. The first-order chi connectivity index (χ1) is 9.99. The van der Waals surface area contributed by atoms with Gasteiger partial charge in [0, 0.05) is 36.3 Å². The fourth-order valence-electron chi connectivity index (χ4n) is 2.99. The molecule has 21 heavy (non-hydrogen) atoms. The Balaban J connectivity index is 1.93. The molecule has 0 radical (unpaired) electrons. The van der Waals surface area contributed by atoms with Crippen LogP contribution in [0.3, 0.4) is 0 Å². The van der Waals surface area contributed by atoms with Gasteiger partial charge in [0.1, 0.15) is 0 Å². The second-order valence-electron chi connectivity index (χ2n) is 6.98. The highest BCUT2D eigenvalue weighted by molar-refractivity contribution is 5.64. The summed E-state index contributed by atoms with van der Waals surface area (Å²) in [6.07, 6.45) is 1.08. The van der Waals surface area contributed by atoms with E-state index >= 15 is 0 Å². The van der Waals surface area contributed by atoms with Crippen LogP contribution in [0.4, 0.5) is 0 Å². The van der Waals surface area contributed by atoms with Gasteiger partial charge in [-0.1, -0.05) is 52.0 Å². The number of aromatic nitrogens is 2. The third kappa shape index (κ3) is 2.75. The normalized spacial score (nSPS) is 16.0. The quantitative estimate of drug-likeness (QED) is 0.910. The van der Waals surface area contributed by atoms with Crippen LogP contribution in [-0.4, -0.2) is 28.2 Å². The van der Waals surface area contributed by atoms with Gasteiger partial charge >= 0.3 is 0 Å². The molecule has 1 aliphatic heterocycles. The van der Waals surface area contributed by atoms with Gasteiger partial charge in [-0.05, 0) is 17.5 Å². The van der Waals surface area contributed by atoms with Crippen molar-refractivity contribution in [2.45, 2.75) is 46.1 Å². The zero-order valence-electron chi connectivity index (χ0n) is 13.5. The molecule has 112 valence electrons. The number of nitrogens with one attached hydrogen (secondary N) is 1. The van der Waals surface area contributed by atoms with Crippen LogP contribution in [0.2, 0.25) is 0 Å². The van der Waals surface area contributed by atoms with E-state index in [0.717, 1.165) is 31.7 Å². The molecule has 2 heterocycles. The standard InChI is InChI=1S/C18H25N3/c1-5-21-11-10-16-15(12-21)17(20-19-16)13-6-8-14(9-7-13)18(2,3)4/h6-9H,5,10-12H2,1-4H3,(H,19,20). The highest BCUT2D eigenvalue weighted by Crippen LogP contribution is 2.30. The molecule has 3 rings (SSSR count). The summed E-state index contributed by atoms with van der Waals surface area (Å²) in [7, 11) is 0. The predicted octanol–water partition coefficient (Wildman–Crippen LogP) is 3.75. The summed E-state index contributed by atoms with van der Waals surface area (Å²) >= 11 is 0. The second kappa shape index (κ2) is 5.30. The summed E-state index contributed by atoms with van der Waals surface area (Å²) in [6, 6.07) is 8.89. The van der Waals surface area contributed by atoms with E-state index in [4.69, 9.17) is 0 Å². The van der Waals surface area contributed by atoms with Crippen molar-refractivity contribution in [2.24, 2.45) is 0 Å². The lowest BCUT2D eigenvalue weighted by molar-refractivity contribution is 0.267. The number of benzene rings is 1. The van der Waals surface area contributed by atoms with Gasteiger partial charge in [-0.15, -0.1) is 0 Å². The van der Waals surface area contributed by atoms with Crippen LogP contribution in [0.1, 0.15) is 44.5 Å². The lowest BCUT2D eigenvalue weighted by Crippen LogP contribution is -2.30. The second-order valence-corrected chi connectivity index (χ2v) is 6.98. The van der Waals surface area contributed by atoms with Crippen LogP contribution in [0.25, 0.3) is 11.3 Å². The fraction of sp³-hybridized carbons (Fsp3) is 0.500. The zero-order chi connectivity index (χ0) is 15.0. The maximum Gasteiger partial charge on any atom is 0.0968 e. The summed E-state index contributed by atoms with van der Waals surface area (Å²) in [5.74, 6) is 0. The smallest absolute Gasteiger partial charge is 0.0968 e. The number of nitrogens with zero attached hydrogens (tertiary/aromatic N) is 2. The van der Waals surface area contributed by atoms with Crippen LogP contribution in [0, 0.1) is 0 Å². The van der Waals surface area contributed by atoms with Crippen molar-refractivity contribution in [3.63, 3.8) is 0 Å². The molecule has 1 aromatic heterocycles. The lowest BCUT2D eigenvalue weighted by atomic mass is 9.86. The number of rotatable bonds is 2. The molecule has 3 heteroatoms. The third-order valence-electron chi connectivity index (χ3n) is 4.48. The number of hydrogen-bond acceptors (Lipinski definition) is 2. The van der Waals surface area contributed by atoms with Gasteiger partial charge in [0.05, 0.1) is 5.69 Å². The lowest BCUT2D eigenvalue weighted by Gasteiger charge is -2.25. The minimum atomic E-state index is 0.197. The van der Waals surface area contributed by atoms with E-state index in [1.807, 2.05) is 0 Å². The molecule has 0 spiro atoms. The zero-order valence-corrected chi connectivity index (χ0v) is 13.5. The van der Waals surface area contributed by atoms with Crippen molar-refractivity contribution in [1.29, 1.82) is 0 Å². The van der Waals surface area contributed by atoms with E-state index in [1.54, 1.807) is 0 Å². The molecule has 1 aromatic carbocycles. The van der Waals surface area contributed by atoms with Crippen LogP contribution in [0.15, 0.2) is 24.3 Å². The van der Waals surface area contributed by atoms with Gasteiger partial charge in [-0.3, -0.25) is 10.00 Å². The average Bonchev–Trinajstić information content (AvgIpc) is 2.89. The van der Waals surface area contributed by atoms with Gasteiger partial charge in [0.2, 0.25) is 0 Å². The molecule has 1 N–H and O–H groups in total.